The molecule has 0 saturated carbocycles. The van der Waals surface area contributed by atoms with Crippen molar-refractivity contribution < 1.29 is 14.3 Å². The summed E-state index contributed by atoms with van der Waals surface area (Å²) in [6, 6.07) is 7.19. The van der Waals surface area contributed by atoms with Crippen LogP contribution in [0.25, 0.3) is 0 Å². The minimum Gasteiger partial charge on any atom is -0.494 e. The summed E-state index contributed by atoms with van der Waals surface area (Å²) in [7, 11) is 0. The van der Waals surface area contributed by atoms with Crippen LogP contribution in [0.5, 0.6) is 5.75 Å². The molecule has 1 aliphatic rings. The van der Waals surface area contributed by atoms with Crippen LogP contribution in [-0.4, -0.2) is 61.7 Å². The first-order valence-corrected chi connectivity index (χ1v) is 10.8. The number of benzene rings is 1. The zero-order valence-electron chi connectivity index (χ0n) is 18.2. The minimum atomic E-state index is -0.202. The molecule has 1 fully saturated rings. The first kappa shape index (κ1) is 23.0. The van der Waals surface area contributed by atoms with Crippen molar-refractivity contribution in [1.82, 2.24) is 15.5 Å². The van der Waals surface area contributed by atoms with Gasteiger partial charge in [-0.2, -0.15) is 0 Å². The highest BCUT2D eigenvalue weighted by Gasteiger charge is 2.31. The summed E-state index contributed by atoms with van der Waals surface area (Å²) < 4.78 is 5.44. The Kier molecular flexibility index (Phi) is 9.25. The van der Waals surface area contributed by atoms with Crippen molar-refractivity contribution in [3.8, 4) is 5.75 Å². The Hall–Kier alpha value is -2.28. The van der Waals surface area contributed by atoms with E-state index in [4.69, 9.17) is 4.74 Å². The molecule has 1 saturated heterocycles. The number of anilines is 1. The smallest absolute Gasteiger partial charge is 0.315 e. The number of carbonyl (C=O) groups is 2. The van der Waals surface area contributed by atoms with Crippen LogP contribution in [0.3, 0.4) is 0 Å². The van der Waals surface area contributed by atoms with E-state index < -0.39 is 0 Å². The lowest BCUT2D eigenvalue weighted by Crippen LogP contribution is -2.46. The van der Waals surface area contributed by atoms with Gasteiger partial charge in [-0.25, -0.2) is 4.79 Å². The first-order valence-electron chi connectivity index (χ1n) is 10.8. The van der Waals surface area contributed by atoms with Crippen molar-refractivity contribution in [2.75, 3.05) is 37.7 Å². The zero-order valence-corrected chi connectivity index (χ0v) is 18.2. The summed E-state index contributed by atoms with van der Waals surface area (Å²) >= 11 is 0. The molecule has 0 unspecified atom stereocenters. The molecule has 0 aromatic heterocycles. The van der Waals surface area contributed by atoms with Crippen LogP contribution in [0.2, 0.25) is 0 Å². The van der Waals surface area contributed by atoms with E-state index in [0.29, 0.717) is 19.6 Å². The number of hydrogen-bond donors (Lipinski definition) is 2. The number of nitrogens with zero attached hydrogens (tertiary/aromatic N) is 2. The fourth-order valence-corrected chi connectivity index (χ4v) is 3.63. The number of carbonyl (C=O) groups excluding carboxylic acids is 2. The van der Waals surface area contributed by atoms with Gasteiger partial charge in [0, 0.05) is 24.7 Å². The summed E-state index contributed by atoms with van der Waals surface area (Å²) in [4.78, 5) is 28.8. The van der Waals surface area contributed by atoms with Gasteiger partial charge < -0.3 is 25.2 Å². The summed E-state index contributed by atoms with van der Waals surface area (Å²) in [5.74, 6) is 0.804. The lowest BCUT2D eigenvalue weighted by Gasteiger charge is -2.21. The van der Waals surface area contributed by atoms with Gasteiger partial charge in [-0.15, -0.1) is 0 Å². The number of amides is 3. The number of ether oxygens (including phenoxy) is 1. The molecule has 162 valence electrons. The molecule has 1 aliphatic heterocycles. The SMILES string of the molecule is CCOc1ccc(N2C[C@@H](NC(=O)N[C@@H](C)CCCN(CC)CC)CC2=O)cc1. The predicted octanol–water partition coefficient (Wildman–Crippen LogP) is 3.00. The maximum absolute atomic E-state index is 12.4. The van der Waals surface area contributed by atoms with Crippen LogP contribution in [-0.2, 0) is 4.79 Å². The van der Waals surface area contributed by atoms with Gasteiger partial charge in [-0.3, -0.25) is 4.79 Å². The summed E-state index contributed by atoms with van der Waals surface area (Å²) in [6.45, 7) is 12.5. The maximum atomic E-state index is 12.4. The Labute approximate surface area is 174 Å². The number of rotatable bonds is 11. The third kappa shape index (κ3) is 7.24. The van der Waals surface area contributed by atoms with Crippen LogP contribution >= 0.6 is 0 Å². The van der Waals surface area contributed by atoms with Gasteiger partial charge in [-0.05, 0) is 70.6 Å². The van der Waals surface area contributed by atoms with Gasteiger partial charge in [0.05, 0.1) is 12.6 Å². The number of urea groups is 1. The van der Waals surface area contributed by atoms with Crippen LogP contribution in [0.15, 0.2) is 24.3 Å². The van der Waals surface area contributed by atoms with Crippen LogP contribution in [0.1, 0.15) is 47.0 Å². The Morgan fingerprint density at radius 3 is 2.55 bits per heavy atom. The number of hydrogen-bond acceptors (Lipinski definition) is 4. The second-order valence-electron chi connectivity index (χ2n) is 7.52. The molecule has 2 rings (SSSR count). The van der Waals surface area contributed by atoms with Gasteiger partial charge >= 0.3 is 6.03 Å². The highest BCUT2D eigenvalue weighted by molar-refractivity contribution is 5.96. The highest BCUT2D eigenvalue weighted by Crippen LogP contribution is 2.24. The van der Waals surface area contributed by atoms with E-state index in [9.17, 15) is 9.59 Å². The maximum Gasteiger partial charge on any atom is 0.315 e. The molecule has 7 heteroatoms. The average molecular weight is 405 g/mol. The summed E-state index contributed by atoms with van der Waals surface area (Å²) in [6.07, 6.45) is 2.30. The van der Waals surface area contributed by atoms with E-state index in [0.717, 1.165) is 43.9 Å². The van der Waals surface area contributed by atoms with Crippen LogP contribution in [0.4, 0.5) is 10.5 Å². The largest absolute Gasteiger partial charge is 0.494 e. The van der Waals surface area contributed by atoms with Crippen molar-refractivity contribution in [2.45, 2.75) is 59.0 Å². The van der Waals surface area contributed by atoms with E-state index in [1.165, 1.54) is 0 Å². The number of nitrogens with one attached hydrogen (secondary N) is 2. The predicted molar refractivity (Wildman–Crippen MR) is 117 cm³/mol. The molecular formula is C22H36N4O3. The fraction of sp³-hybridized carbons (Fsp3) is 0.636. The van der Waals surface area contributed by atoms with E-state index in [2.05, 4.69) is 29.4 Å². The van der Waals surface area contributed by atoms with Gasteiger partial charge in [0.2, 0.25) is 5.91 Å². The molecule has 0 radical (unpaired) electrons. The highest BCUT2D eigenvalue weighted by atomic mass is 16.5. The Bertz CT molecular complexity index is 646. The second kappa shape index (κ2) is 11.7. The van der Waals surface area contributed by atoms with Gasteiger partial charge in [0.15, 0.2) is 0 Å². The van der Waals surface area contributed by atoms with Crippen molar-refractivity contribution in [3.63, 3.8) is 0 Å². The molecule has 1 heterocycles. The van der Waals surface area contributed by atoms with E-state index >= 15 is 0 Å². The van der Waals surface area contributed by atoms with Crippen molar-refractivity contribution in [1.29, 1.82) is 0 Å². The van der Waals surface area contributed by atoms with Gasteiger partial charge in [0.25, 0.3) is 0 Å². The van der Waals surface area contributed by atoms with Gasteiger partial charge in [0.1, 0.15) is 5.75 Å². The molecule has 1 aromatic carbocycles. The molecule has 7 nitrogen and oxygen atoms in total. The molecular weight excluding hydrogens is 368 g/mol. The average Bonchev–Trinajstić information content (AvgIpc) is 3.06. The van der Waals surface area contributed by atoms with E-state index in [1.54, 1.807) is 4.90 Å². The Morgan fingerprint density at radius 1 is 1.24 bits per heavy atom. The normalized spacial score (nSPS) is 17.5. The lowest BCUT2D eigenvalue weighted by atomic mass is 10.2. The minimum absolute atomic E-state index is 0.0201. The van der Waals surface area contributed by atoms with E-state index in [1.807, 2.05) is 38.1 Å². The summed E-state index contributed by atoms with van der Waals surface area (Å²) in [5.41, 5.74) is 0.827. The van der Waals surface area contributed by atoms with E-state index in [-0.39, 0.29) is 24.0 Å². The zero-order chi connectivity index (χ0) is 21.2. The Morgan fingerprint density at radius 2 is 1.93 bits per heavy atom. The van der Waals surface area contributed by atoms with Crippen LogP contribution in [0, 0.1) is 0 Å². The standard InChI is InChI=1S/C22H36N4O3/c1-5-25(6-2)14-8-9-17(4)23-22(28)24-18-15-21(27)26(16-18)19-10-12-20(13-11-19)29-7-3/h10-13,17-18H,5-9,14-16H2,1-4H3,(H2,23,24,28)/t17-,18-/m0/s1. The molecule has 2 atom stereocenters. The van der Waals surface area contributed by atoms with Crippen molar-refractivity contribution in [2.24, 2.45) is 0 Å². The molecule has 0 spiro atoms. The third-order valence-electron chi connectivity index (χ3n) is 5.30. The molecule has 2 N–H and O–H groups in total. The van der Waals surface area contributed by atoms with Gasteiger partial charge in [-0.1, -0.05) is 13.8 Å². The fourth-order valence-electron chi connectivity index (χ4n) is 3.63. The molecule has 1 aromatic rings. The van der Waals surface area contributed by atoms with Crippen LogP contribution < -0.4 is 20.3 Å². The lowest BCUT2D eigenvalue weighted by molar-refractivity contribution is -0.117. The quantitative estimate of drug-likeness (QED) is 0.595. The Balaban J connectivity index is 1.76. The van der Waals surface area contributed by atoms with Crippen molar-refractivity contribution >= 4 is 17.6 Å². The topological polar surface area (TPSA) is 73.9 Å². The van der Waals surface area contributed by atoms with Crippen molar-refractivity contribution in [3.05, 3.63) is 24.3 Å². The summed E-state index contributed by atoms with van der Waals surface area (Å²) in [5, 5.41) is 5.94. The second-order valence-corrected chi connectivity index (χ2v) is 7.52. The molecule has 0 aliphatic carbocycles. The monoisotopic (exact) mass is 404 g/mol. The molecule has 3 amide bonds. The third-order valence-corrected chi connectivity index (χ3v) is 5.30. The first-order chi connectivity index (χ1) is 14.0. The molecule has 29 heavy (non-hydrogen) atoms. The molecule has 0 bridgehead atoms.